The monoisotopic (exact) mass is 230 g/mol. The Hall–Kier alpha value is -1.26. The number of carboxylic acids is 1. The number of urea groups is 1. The highest BCUT2D eigenvalue weighted by atomic mass is 16.4. The molecule has 5 heteroatoms. The molecule has 0 aromatic rings. The van der Waals surface area contributed by atoms with Crippen LogP contribution in [0.5, 0.6) is 0 Å². The van der Waals surface area contributed by atoms with E-state index in [4.69, 9.17) is 5.11 Å². The summed E-state index contributed by atoms with van der Waals surface area (Å²) in [7, 11) is 1.66. The maximum absolute atomic E-state index is 11.6. The number of aliphatic carboxylic acids is 1. The lowest BCUT2D eigenvalue weighted by atomic mass is 9.96. The predicted octanol–water partition coefficient (Wildman–Crippen LogP) is 1.54. The summed E-state index contributed by atoms with van der Waals surface area (Å²) in [4.78, 5) is 23.9. The Kier molecular flexibility index (Phi) is 5.27. The average Bonchev–Trinajstić information content (AvgIpc) is 2.10. The van der Waals surface area contributed by atoms with Crippen LogP contribution in [0.3, 0.4) is 0 Å². The van der Waals surface area contributed by atoms with Gasteiger partial charge in [0, 0.05) is 13.6 Å². The Morgan fingerprint density at radius 2 is 1.88 bits per heavy atom. The lowest BCUT2D eigenvalue weighted by molar-refractivity contribution is -0.139. The second-order valence-electron chi connectivity index (χ2n) is 5.17. The first-order chi connectivity index (χ1) is 7.17. The zero-order valence-corrected chi connectivity index (χ0v) is 10.7. The molecule has 0 fully saturated rings. The fraction of sp³-hybridized carbons (Fsp3) is 0.818. The van der Waals surface area contributed by atoms with Gasteiger partial charge in [0.15, 0.2) is 0 Å². The predicted molar refractivity (Wildman–Crippen MR) is 62.3 cm³/mol. The van der Waals surface area contributed by atoms with Gasteiger partial charge in [-0.05, 0) is 11.8 Å². The summed E-state index contributed by atoms with van der Waals surface area (Å²) in [5, 5.41) is 11.3. The van der Waals surface area contributed by atoms with Gasteiger partial charge in [-0.2, -0.15) is 0 Å². The van der Waals surface area contributed by atoms with Crippen LogP contribution in [0.15, 0.2) is 0 Å². The van der Waals surface area contributed by atoms with Crippen molar-refractivity contribution in [1.29, 1.82) is 0 Å². The average molecular weight is 230 g/mol. The zero-order chi connectivity index (χ0) is 12.9. The number of carbonyl (C=O) groups is 2. The minimum Gasteiger partial charge on any atom is -0.480 e. The van der Waals surface area contributed by atoms with E-state index >= 15 is 0 Å². The van der Waals surface area contributed by atoms with Crippen LogP contribution in [0.1, 0.15) is 34.1 Å². The molecular weight excluding hydrogens is 208 g/mol. The van der Waals surface area contributed by atoms with Crippen LogP contribution in [-0.2, 0) is 4.79 Å². The normalized spacial score (nSPS) is 13.1. The molecule has 0 heterocycles. The van der Waals surface area contributed by atoms with Crippen LogP contribution in [0.25, 0.3) is 0 Å². The van der Waals surface area contributed by atoms with E-state index in [0.29, 0.717) is 13.0 Å². The third-order valence-corrected chi connectivity index (χ3v) is 2.06. The summed E-state index contributed by atoms with van der Waals surface area (Å²) in [6.45, 7) is 8.36. The van der Waals surface area contributed by atoms with Gasteiger partial charge in [-0.25, -0.2) is 9.59 Å². The number of amides is 2. The molecule has 1 atom stereocenters. The Morgan fingerprint density at radius 3 is 2.19 bits per heavy atom. The number of carboxylic acid groups (broad SMARTS) is 1. The molecule has 0 aliphatic carbocycles. The molecule has 0 rings (SSSR count). The summed E-state index contributed by atoms with van der Waals surface area (Å²) >= 11 is 0. The van der Waals surface area contributed by atoms with Gasteiger partial charge >= 0.3 is 12.0 Å². The summed E-state index contributed by atoms with van der Waals surface area (Å²) in [6, 6.07) is -1.15. The summed E-state index contributed by atoms with van der Waals surface area (Å²) < 4.78 is 0. The number of rotatable bonds is 4. The van der Waals surface area contributed by atoms with E-state index < -0.39 is 12.0 Å². The minimum atomic E-state index is -1.000. The highest BCUT2D eigenvalue weighted by Crippen LogP contribution is 2.14. The van der Waals surface area contributed by atoms with Gasteiger partial charge in [0.1, 0.15) is 6.04 Å². The Balaban J connectivity index is 4.29. The lowest BCUT2D eigenvalue weighted by Gasteiger charge is -2.27. The van der Waals surface area contributed by atoms with Gasteiger partial charge in [-0.1, -0.05) is 27.7 Å². The van der Waals surface area contributed by atoms with Gasteiger partial charge < -0.3 is 15.3 Å². The van der Waals surface area contributed by atoms with Crippen molar-refractivity contribution in [3.63, 3.8) is 0 Å². The molecule has 0 aliphatic rings. The van der Waals surface area contributed by atoms with Gasteiger partial charge in [0.2, 0.25) is 0 Å². The van der Waals surface area contributed by atoms with Crippen LogP contribution in [0.4, 0.5) is 4.79 Å². The van der Waals surface area contributed by atoms with Crippen LogP contribution in [0, 0.1) is 5.41 Å². The molecule has 0 saturated carbocycles. The van der Waals surface area contributed by atoms with E-state index in [9.17, 15) is 9.59 Å². The molecule has 2 N–H and O–H groups in total. The van der Waals surface area contributed by atoms with Gasteiger partial charge in [-0.3, -0.25) is 0 Å². The van der Waals surface area contributed by atoms with Crippen molar-refractivity contribution in [3.8, 4) is 0 Å². The standard InChI is InChI=1S/C11H22N2O3/c1-6-8(9(14)15)12-10(16)13(5)7-11(2,3)4/h8H,6-7H2,1-5H3,(H,12,16)(H,14,15)/t8-/m0/s1. The van der Waals surface area contributed by atoms with Crippen molar-refractivity contribution in [3.05, 3.63) is 0 Å². The van der Waals surface area contributed by atoms with Crippen LogP contribution in [-0.4, -0.2) is 41.6 Å². The maximum Gasteiger partial charge on any atom is 0.326 e. The molecule has 2 amide bonds. The first kappa shape index (κ1) is 14.7. The Bertz CT molecular complexity index is 258. The van der Waals surface area contributed by atoms with Crippen LogP contribution < -0.4 is 5.32 Å². The van der Waals surface area contributed by atoms with Crippen molar-refractivity contribution in [2.75, 3.05) is 13.6 Å². The number of nitrogens with one attached hydrogen (secondary N) is 1. The highest BCUT2D eigenvalue weighted by Gasteiger charge is 2.22. The van der Waals surface area contributed by atoms with Crippen molar-refractivity contribution < 1.29 is 14.7 Å². The van der Waals surface area contributed by atoms with Crippen molar-refractivity contribution in [2.45, 2.75) is 40.2 Å². The van der Waals surface area contributed by atoms with Crippen LogP contribution >= 0.6 is 0 Å². The van der Waals surface area contributed by atoms with E-state index in [2.05, 4.69) is 5.32 Å². The molecule has 0 aromatic carbocycles. The van der Waals surface area contributed by atoms with Gasteiger partial charge in [0.05, 0.1) is 0 Å². The topological polar surface area (TPSA) is 69.6 Å². The molecule has 0 aromatic heterocycles. The van der Waals surface area contributed by atoms with Gasteiger partial charge in [0.25, 0.3) is 0 Å². The maximum atomic E-state index is 11.6. The molecule has 16 heavy (non-hydrogen) atoms. The molecule has 0 spiro atoms. The second kappa shape index (κ2) is 5.72. The van der Waals surface area contributed by atoms with Crippen LogP contribution in [0.2, 0.25) is 0 Å². The first-order valence-electron chi connectivity index (χ1n) is 5.42. The molecule has 0 unspecified atom stereocenters. The van der Waals surface area contributed by atoms with E-state index in [1.165, 1.54) is 4.90 Å². The number of nitrogens with zero attached hydrogens (tertiary/aromatic N) is 1. The van der Waals surface area contributed by atoms with E-state index in [1.54, 1.807) is 14.0 Å². The summed E-state index contributed by atoms with van der Waals surface area (Å²) in [6.07, 6.45) is 0.379. The molecule has 0 bridgehead atoms. The van der Waals surface area contributed by atoms with Crippen molar-refractivity contribution in [2.24, 2.45) is 5.41 Å². The molecule has 0 aliphatic heterocycles. The highest BCUT2D eigenvalue weighted by molar-refractivity contribution is 5.82. The molecule has 94 valence electrons. The number of hydrogen-bond donors (Lipinski definition) is 2. The largest absolute Gasteiger partial charge is 0.480 e. The fourth-order valence-electron chi connectivity index (χ4n) is 1.38. The third kappa shape index (κ3) is 5.58. The zero-order valence-electron chi connectivity index (χ0n) is 10.7. The SMILES string of the molecule is CC[C@H](NC(=O)N(C)CC(C)(C)C)C(=O)O. The quantitative estimate of drug-likeness (QED) is 0.769. The number of carbonyl (C=O) groups excluding carboxylic acids is 1. The molecule has 5 nitrogen and oxygen atoms in total. The number of hydrogen-bond acceptors (Lipinski definition) is 2. The lowest BCUT2D eigenvalue weighted by Crippen LogP contribution is -2.48. The summed E-state index contributed by atoms with van der Waals surface area (Å²) in [5.74, 6) is -1.000. The minimum absolute atomic E-state index is 0.00295. The Morgan fingerprint density at radius 1 is 1.38 bits per heavy atom. The van der Waals surface area contributed by atoms with E-state index in [0.717, 1.165) is 0 Å². The molecule has 0 radical (unpaired) electrons. The first-order valence-corrected chi connectivity index (χ1v) is 5.42. The third-order valence-electron chi connectivity index (χ3n) is 2.06. The smallest absolute Gasteiger partial charge is 0.326 e. The molecular formula is C11H22N2O3. The summed E-state index contributed by atoms with van der Waals surface area (Å²) in [5.41, 5.74) is -0.00295. The Labute approximate surface area is 96.8 Å². The molecule has 0 saturated heterocycles. The second-order valence-corrected chi connectivity index (χ2v) is 5.17. The van der Waals surface area contributed by atoms with E-state index in [1.807, 2.05) is 20.8 Å². The van der Waals surface area contributed by atoms with Crippen molar-refractivity contribution in [1.82, 2.24) is 10.2 Å². The van der Waals surface area contributed by atoms with Gasteiger partial charge in [-0.15, -0.1) is 0 Å². The van der Waals surface area contributed by atoms with Crippen molar-refractivity contribution >= 4 is 12.0 Å². The van der Waals surface area contributed by atoms with E-state index in [-0.39, 0.29) is 11.4 Å². The fourth-order valence-corrected chi connectivity index (χ4v) is 1.38.